The molecule has 0 aliphatic heterocycles. The zero-order chi connectivity index (χ0) is 15.4. The van der Waals surface area contributed by atoms with Gasteiger partial charge in [-0.1, -0.05) is 0 Å². The molecule has 0 saturated carbocycles. The Kier molecular flexibility index (Phi) is 6.76. The van der Waals surface area contributed by atoms with E-state index >= 15 is 0 Å². The summed E-state index contributed by atoms with van der Waals surface area (Å²) in [6.45, 7) is 14.2. The van der Waals surface area contributed by atoms with E-state index in [-0.39, 0.29) is 30.2 Å². The molecule has 1 aromatic rings. The summed E-state index contributed by atoms with van der Waals surface area (Å²) in [6, 6.07) is 8.92. The van der Waals surface area contributed by atoms with Crippen molar-refractivity contribution in [2.75, 3.05) is 0 Å². The molecular formula is C20H24Cl2Zr. The van der Waals surface area contributed by atoms with Crippen LogP contribution in [-0.4, -0.2) is 0 Å². The van der Waals surface area contributed by atoms with Crippen molar-refractivity contribution in [2.24, 2.45) is 5.41 Å². The van der Waals surface area contributed by atoms with E-state index in [1.54, 1.807) is 23.3 Å². The van der Waals surface area contributed by atoms with Crippen LogP contribution in [-0.2, 0) is 23.2 Å². The number of benzene rings is 1. The number of halogens is 2. The Balaban J connectivity index is 0.00000132. The maximum atomic E-state index is 2.49. The van der Waals surface area contributed by atoms with Crippen molar-refractivity contribution >= 4 is 6.08 Å². The number of hydrogen-bond acceptors (Lipinski definition) is 0. The van der Waals surface area contributed by atoms with Gasteiger partial charge in [-0.2, -0.15) is 0 Å². The molecule has 0 amide bonds. The van der Waals surface area contributed by atoms with Gasteiger partial charge < -0.3 is 24.8 Å². The summed E-state index contributed by atoms with van der Waals surface area (Å²) < 4.78 is 3.52. The third-order valence-electron chi connectivity index (χ3n) is 5.57. The summed E-state index contributed by atoms with van der Waals surface area (Å²) in [7, 11) is 0. The average Bonchev–Trinajstić information content (AvgIpc) is 2.85. The van der Waals surface area contributed by atoms with Gasteiger partial charge >= 0.3 is 141 Å². The normalized spacial score (nSPS) is 21.3. The first-order valence-corrected chi connectivity index (χ1v) is 10.3. The first kappa shape index (κ1) is 20.9. The van der Waals surface area contributed by atoms with Crippen LogP contribution in [0.15, 0.2) is 47.5 Å². The van der Waals surface area contributed by atoms with Gasteiger partial charge in [0.1, 0.15) is 0 Å². The van der Waals surface area contributed by atoms with Crippen molar-refractivity contribution in [3.8, 4) is 0 Å². The monoisotopic (exact) mass is 424 g/mol. The third kappa shape index (κ3) is 3.35. The molecular weight excluding hydrogens is 402 g/mol. The van der Waals surface area contributed by atoms with Crippen LogP contribution in [0.3, 0.4) is 0 Å². The molecule has 2 aliphatic carbocycles. The molecule has 23 heavy (non-hydrogen) atoms. The van der Waals surface area contributed by atoms with Crippen LogP contribution in [0.4, 0.5) is 0 Å². The maximum Gasteiger partial charge on any atom is -1.00 e. The fourth-order valence-corrected chi connectivity index (χ4v) is 7.96. The van der Waals surface area contributed by atoms with Crippen molar-refractivity contribution in [1.29, 1.82) is 0 Å². The van der Waals surface area contributed by atoms with Crippen LogP contribution in [0.2, 0.25) is 0 Å². The smallest absolute Gasteiger partial charge is 1.00 e. The summed E-state index contributed by atoms with van der Waals surface area (Å²) in [4.78, 5) is 0. The molecule has 0 bridgehead atoms. The quantitative estimate of drug-likeness (QED) is 0.619. The van der Waals surface area contributed by atoms with E-state index in [1.807, 2.05) is 0 Å². The third-order valence-corrected chi connectivity index (χ3v) is 10.8. The van der Waals surface area contributed by atoms with Crippen molar-refractivity contribution in [2.45, 2.75) is 47.5 Å². The van der Waals surface area contributed by atoms with Gasteiger partial charge in [0, 0.05) is 0 Å². The van der Waals surface area contributed by atoms with Gasteiger partial charge in [0.05, 0.1) is 0 Å². The fourth-order valence-electron chi connectivity index (χ4n) is 3.63. The Morgan fingerprint density at radius 3 is 2.09 bits per heavy atom. The second-order valence-corrected chi connectivity index (χ2v) is 10.2. The Bertz CT molecular complexity index is 708. The predicted octanol–water partition coefficient (Wildman–Crippen LogP) is -0.115. The van der Waals surface area contributed by atoms with E-state index in [0.29, 0.717) is 5.92 Å². The van der Waals surface area contributed by atoms with Gasteiger partial charge in [-0.15, -0.1) is 0 Å². The fraction of sp³-hybridized carbons (Fsp3) is 0.400. The first-order valence-electron chi connectivity index (χ1n) is 7.81. The summed E-state index contributed by atoms with van der Waals surface area (Å²) in [5.74, 6) is 0.630. The minimum atomic E-state index is -0.694. The number of hydrogen-bond donors (Lipinski definition) is 0. The molecule has 2 aliphatic rings. The van der Waals surface area contributed by atoms with E-state index in [2.05, 4.69) is 71.9 Å². The van der Waals surface area contributed by atoms with Crippen LogP contribution in [0.25, 0.3) is 6.08 Å². The van der Waals surface area contributed by atoms with Crippen LogP contribution < -0.4 is 24.8 Å². The van der Waals surface area contributed by atoms with E-state index < -0.39 is 23.2 Å². The Morgan fingerprint density at radius 2 is 1.57 bits per heavy atom. The maximum absolute atomic E-state index is 2.49. The molecule has 0 nitrogen and oxygen atoms in total. The van der Waals surface area contributed by atoms with E-state index in [4.69, 9.17) is 0 Å². The largest absolute Gasteiger partial charge is 1.00 e. The zero-order valence-electron chi connectivity index (χ0n) is 14.7. The predicted molar refractivity (Wildman–Crippen MR) is 87.7 cm³/mol. The molecule has 0 aromatic heterocycles. The number of allylic oxidation sites excluding steroid dienone is 5. The molecule has 3 rings (SSSR count). The summed E-state index contributed by atoms with van der Waals surface area (Å²) >= 11 is -0.694. The number of rotatable bonds is 2. The SMILES string of the molecule is CC1=C(C)C(C)(C)[C]([Zr+2][C]2=Cc3ccccc3C2C)=C1C.[Cl-].[Cl-]. The molecule has 1 unspecified atom stereocenters. The first-order chi connectivity index (χ1) is 9.84. The second-order valence-electron chi connectivity index (χ2n) is 6.95. The summed E-state index contributed by atoms with van der Waals surface area (Å²) in [6.07, 6.45) is 2.49. The minimum absolute atomic E-state index is 0. The molecule has 0 spiro atoms. The molecule has 0 fully saturated rings. The van der Waals surface area contributed by atoms with Gasteiger partial charge in [0.2, 0.25) is 0 Å². The van der Waals surface area contributed by atoms with E-state index in [9.17, 15) is 0 Å². The molecule has 1 aromatic carbocycles. The van der Waals surface area contributed by atoms with Gasteiger partial charge in [0.25, 0.3) is 0 Å². The molecule has 0 N–H and O–H groups in total. The standard InChI is InChI=1S/C10H9.C10H15.2ClH.Zr/c1-8-6-7-9-4-2-3-5-10(8)9;1-7-6-10(4,5)9(3)8(7)2;;;/h2-5,7-8H,1H3;1-5H3;2*1H;/q;;;;+2/p-2. The topological polar surface area (TPSA) is 0 Å². The molecule has 0 radical (unpaired) electrons. The summed E-state index contributed by atoms with van der Waals surface area (Å²) in [5.41, 5.74) is 7.99. The van der Waals surface area contributed by atoms with Gasteiger partial charge in [-0.05, 0) is 0 Å². The van der Waals surface area contributed by atoms with E-state index in [1.165, 1.54) is 11.1 Å². The van der Waals surface area contributed by atoms with Crippen molar-refractivity contribution in [1.82, 2.24) is 0 Å². The number of fused-ring (bicyclic) bond motifs is 1. The molecule has 3 heteroatoms. The van der Waals surface area contributed by atoms with Gasteiger partial charge in [-0.25, -0.2) is 0 Å². The molecule has 0 heterocycles. The van der Waals surface area contributed by atoms with Crippen LogP contribution in [0.5, 0.6) is 0 Å². The van der Waals surface area contributed by atoms with Crippen LogP contribution >= 0.6 is 0 Å². The van der Waals surface area contributed by atoms with Crippen LogP contribution in [0, 0.1) is 5.41 Å². The Morgan fingerprint density at radius 1 is 0.957 bits per heavy atom. The van der Waals surface area contributed by atoms with E-state index in [0.717, 1.165) is 0 Å². The Hall–Kier alpha value is -0.0969. The van der Waals surface area contributed by atoms with Crippen molar-refractivity contribution in [3.05, 3.63) is 58.7 Å². The molecule has 122 valence electrons. The Labute approximate surface area is 164 Å². The van der Waals surface area contributed by atoms with Crippen molar-refractivity contribution < 1.29 is 48.0 Å². The van der Waals surface area contributed by atoms with Gasteiger partial charge in [-0.3, -0.25) is 0 Å². The van der Waals surface area contributed by atoms with Gasteiger partial charge in [0.15, 0.2) is 0 Å². The van der Waals surface area contributed by atoms with Crippen molar-refractivity contribution in [3.63, 3.8) is 0 Å². The van der Waals surface area contributed by atoms with Crippen LogP contribution in [0.1, 0.15) is 58.6 Å². The summed E-state index contributed by atoms with van der Waals surface area (Å²) in [5, 5.41) is 0. The minimum Gasteiger partial charge on any atom is -1.00 e. The molecule has 0 saturated heterocycles. The average molecular weight is 427 g/mol. The molecule has 1 atom stereocenters. The zero-order valence-corrected chi connectivity index (χ0v) is 18.7. The second kappa shape index (κ2) is 7.42.